The number of rotatable bonds is 3. The van der Waals surface area contributed by atoms with E-state index >= 15 is 0 Å². The van der Waals surface area contributed by atoms with Crippen molar-refractivity contribution >= 4 is 35.1 Å². The molecule has 1 atom stereocenters. The van der Waals surface area contributed by atoms with Crippen LogP contribution in [-0.4, -0.2) is 17.4 Å². The third-order valence-corrected chi connectivity index (χ3v) is 6.79. The lowest BCUT2D eigenvalue weighted by Crippen LogP contribution is -2.23. The number of nitrogens with one attached hydrogen (secondary N) is 1. The smallest absolute Gasteiger partial charge is 0.227 e. The molecular weight excluding hydrogens is 286 g/mol. The van der Waals surface area contributed by atoms with E-state index in [-0.39, 0.29) is 11.8 Å². The van der Waals surface area contributed by atoms with E-state index < -0.39 is 0 Å². The first-order valence-corrected chi connectivity index (χ1v) is 9.22. The second kappa shape index (κ2) is 6.72. The molecule has 1 aliphatic heterocycles. The fraction of sp³-hybridized carbons (Fsp3) is 0.438. The maximum atomic E-state index is 12.2. The quantitative estimate of drug-likeness (QED) is 0.836. The van der Waals surface area contributed by atoms with Crippen LogP contribution in [0.4, 0.5) is 5.69 Å². The van der Waals surface area contributed by atoms with Crippen molar-refractivity contribution < 1.29 is 4.79 Å². The third-order valence-electron chi connectivity index (χ3n) is 3.69. The van der Waals surface area contributed by atoms with E-state index in [0.29, 0.717) is 4.58 Å². The predicted molar refractivity (Wildman–Crippen MR) is 89.2 cm³/mol. The molecule has 1 N–H and O–H groups in total. The van der Waals surface area contributed by atoms with Crippen LogP contribution >= 0.6 is 23.5 Å². The van der Waals surface area contributed by atoms with Gasteiger partial charge in [0.1, 0.15) is 0 Å². The number of benzene rings is 1. The molecule has 1 fully saturated rings. The van der Waals surface area contributed by atoms with Gasteiger partial charge in [0.2, 0.25) is 5.91 Å². The van der Waals surface area contributed by atoms with E-state index in [4.69, 9.17) is 0 Å². The molecule has 0 bridgehead atoms. The number of amides is 1. The molecular formula is C16H19NOS2. The summed E-state index contributed by atoms with van der Waals surface area (Å²) in [5.74, 6) is 2.75. The zero-order valence-electron chi connectivity index (χ0n) is 11.4. The van der Waals surface area contributed by atoms with Gasteiger partial charge in [-0.05, 0) is 37.0 Å². The maximum Gasteiger partial charge on any atom is 0.227 e. The summed E-state index contributed by atoms with van der Waals surface area (Å²) in [6.45, 7) is 0. The van der Waals surface area contributed by atoms with Gasteiger partial charge in [-0.25, -0.2) is 0 Å². The van der Waals surface area contributed by atoms with E-state index in [1.807, 2.05) is 35.7 Å². The van der Waals surface area contributed by atoms with Crippen LogP contribution < -0.4 is 5.32 Å². The van der Waals surface area contributed by atoms with E-state index in [1.165, 1.54) is 17.1 Å². The highest BCUT2D eigenvalue weighted by Crippen LogP contribution is 2.45. The van der Waals surface area contributed by atoms with Crippen molar-refractivity contribution in [1.29, 1.82) is 0 Å². The molecule has 1 heterocycles. The highest BCUT2D eigenvalue weighted by atomic mass is 32.2. The number of hydrogen-bond acceptors (Lipinski definition) is 3. The number of allylic oxidation sites excluding steroid dienone is 2. The Balaban J connectivity index is 1.66. The van der Waals surface area contributed by atoms with Crippen LogP contribution in [0.2, 0.25) is 0 Å². The zero-order chi connectivity index (χ0) is 13.8. The first-order chi connectivity index (χ1) is 9.83. The van der Waals surface area contributed by atoms with Crippen molar-refractivity contribution in [2.45, 2.75) is 23.8 Å². The molecule has 1 aromatic rings. The minimum atomic E-state index is 0.138. The fourth-order valence-corrected chi connectivity index (χ4v) is 5.43. The molecule has 4 heteroatoms. The second-order valence-corrected chi connectivity index (χ2v) is 7.89. The monoisotopic (exact) mass is 305 g/mol. The number of carbonyl (C=O) groups is 1. The molecule has 1 unspecified atom stereocenters. The Hall–Kier alpha value is -0.870. The Morgan fingerprint density at radius 2 is 2.05 bits per heavy atom. The Bertz CT molecular complexity index is 509. The van der Waals surface area contributed by atoms with Crippen LogP contribution in [0.3, 0.4) is 0 Å². The number of hydrogen-bond donors (Lipinski definition) is 1. The molecule has 3 rings (SSSR count). The second-order valence-electron chi connectivity index (χ2n) is 5.17. The standard InChI is InChI=1S/C16H19NOS2/c18-15(12-5-2-1-3-6-12)17-14-8-4-7-13(11-14)16-19-9-10-20-16/h1-2,4,7-8,11-12,16H,3,5-6,9-10H2,(H,17,18). The summed E-state index contributed by atoms with van der Waals surface area (Å²) in [5, 5.41) is 3.08. The van der Waals surface area contributed by atoms with Crippen molar-refractivity contribution in [3.05, 3.63) is 42.0 Å². The largest absolute Gasteiger partial charge is 0.326 e. The van der Waals surface area contributed by atoms with Gasteiger partial charge in [0.15, 0.2) is 0 Å². The molecule has 106 valence electrons. The Morgan fingerprint density at radius 3 is 2.80 bits per heavy atom. The average molecular weight is 305 g/mol. The fourth-order valence-electron chi connectivity index (χ4n) is 2.59. The van der Waals surface area contributed by atoms with Gasteiger partial charge in [-0.15, -0.1) is 23.5 Å². The summed E-state index contributed by atoms with van der Waals surface area (Å²) in [4.78, 5) is 12.2. The van der Waals surface area contributed by atoms with Gasteiger partial charge in [0.25, 0.3) is 0 Å². The zero-order valence-corrected chi connectivity index (χ0v) is 13.0. The van der Waals surface area contributed by atoms with E-state index in [9.17, 15) is 4.79 Å². The predicted octanol–water partition coefficient (Wildman–Crippen LogP) is 4.46. The molecule has 0 aromatic heterocycles. The van der Waals surface area contributed by atoms with Crippen molar-refractivity contribution in [3.63, 3.8) is 0 Å². The molecule has 0 saturated carbocycles. The molecule has 2 nitrogen and oxygen atoms in total. The normalized spacial score (nSPS) is 22.9. The topological polar surface area (TPSA) is 29.1 Å². The highest BCUT2D eigenvalue weighted by Gasteiger charge is 2.20. The number of thioether (sulfide) groups is 2. The SMILES string of the molecule is O=C(Nc1cccc(C2SCCS2)c1)C1CC=CCC1. The summed E-state index contributed by atoms with van der Waals surface area (Å²) < 4.78 is 0.532. The van der Waals surface area contributed by atoms with E-state index in [0.717, 1.165) is 24.9 Å². The molecule has 1 aromatic carbocycles. The molecule has 1 aliphatic carbocycles. The van der Waals surface area contributed by atoms with Gasteiger partial charge in [0.05, 0.1) is 4.58 Å². The summed E-state index contributed by atoms with van der Waals surface area (Å²) in [6.07, 6.45) is 7.15. The number of anilines is 1. The van der Waals surface area contributed by atoms with Crippen LogP contribution in [0.25, 0.3) is 0 Å². The first-order valence-electron chi connectivity index (χ1n) is 7.12. The van der Waals surface area contributed by atoms with Gasteiger partial charge in [-0.2, -0.15) is 0 Å². The molecule has 0 spiro atoms. The van der Waals surface area contributed by atoms with Crippen LogP contribution in [0, 0.1) is 5.92 Å². The molecule has 0 radical (unpaired) electrons. The van der Waals surface area contributed by atoms with Gasteiger partial charge >= 0.3 is 0 Å². The van der Waals surface area contributed by atoms with Gasteiger partial charge in [0, 0.05) is 23.1 Å². The van der Waals surface area contributed by atoms with Crippen LogP contribution in [-0.2, 0) is 4.79 Å². The highest BCUT2D eigenvalue weighted by molar-refractivity contribution is 8.19. The lowest BCUT2D eigenvalue weighted by Gasteiger charge is -2.18. The van der Waals surface area contributed by atoms with Gasteiger partial charge < -0.3 is 5.32 Å². The lowest BCUT2D eigenvalue weighted by molar-refractivity contribution is -0.120. The van der Waals surface area contributed by atoms with Gasteiger partial charge in [-0.1, -0.05) is 24.3 Å². The summed E-state index contributed by atoms with van der Waals surface area (Å²) in [5.41, 5.74) is 2.26. The molecule has 1 amide bonds. The van der Waals surface area contributed by atoms with Crippen LogP contribution in [0.5, 0.6) is 0 Å². The lowest BCUT2D eigenvalue weighted by atomic mass is 9.93. The van der Waals surface area contributed by atoms with Gasteiger partial charge in [-0.3, -0.25) is 4.79 Å². The van der Waals surface area contributed by atoms with Crippen LogP contribution in [0.1, 0.15) is 29.4 Å². The Morgan fingerprint density at radius 1 is 1.20 bits per heavy atom. The molecule has 2 aliphatic rings. The summed E-state index contributed by atoms with van der Waals surface area (Å²) in [6, 6.07) is 8.33. The summed E-state index contributed by atoms with van der Waals surface area (Å²) in [7, 11) is 0. The van der Waals surface area contributed by atoms with Crippen LogP contribution in [0.15, 0.2) is 36.4 Å². The maximum absolute atomic E-state index is 12.2. The van der Waals surface area contributed by atoms with Crippen molar-refractivity contribution in [2.24, 2.45) is 5.92 Å². The van der Waals surface area contributed by atoms with Crippen molar-refractivity contribution in [2.75, 3.05) is 16.8 Å². The Kier molecular flexibility index (Phi) is 4.73. The minimum absolute atomic E-state index is 0.138. The minimum Gasteiger partial charge on any atom is -0.326 e. The third kappa shape index (κ3) is 3.41. The summed E-state index contributed by atoms with van der Waals surface area (Å²) >= 11 is 3.98. The van der Waals surface area contributed by atoms with Crippen molar-refractivity contribution in [3.8, 4) is 0 Å². The molecule has 20 heavy (non-hydrogen) atoms. The molecule has 1 saturated heterocycles. The average Bonchev–Trinajstić information content (AvgIpc) is 3.03. The number of carbonyl (C=O) groups excluding carboxylic acids is 1. The Labute approximate surface area is 128 Å². The first kappa shape index (κ1) is 14.1. The van der Waals surface area contributed by atoms with E-state index in [2.05, 4.69) is 29.6 Å². The van der Waals surface area contributed by atoms with Crippen molar-refractivity contribution in [1.82, 2.24) is 0 Å². The van der Waals surface area contributed by atoms with E-state index in [1.54, 1.807) is 0 Å².